The molecule has 1 heterocycles. The first-order valence-electron chi connectivity index (χ1n) is 7.57. The monoisotopic (exact) mass is 309 g/mol. The maximum atomic E-state index is 6.24. The molecule has 0 spiro atoms. The normalized spacial score (nSPS) is 21.5. The average molecular weight is 310 g/mol. The summed E-state index contributed by atoms with van der Waals surface area (Å²) in [6.45, 7) is 8.20. The number of nitrogens with two attached hydrogens (primary N) is 1. The van der Waals surface area contributed by atoms with Gasteiger partial charge >= 0.3 is 7.12 Å². The van der Waals surface area contributed by atoms with Crippen LogP contribution in [0, 0.1) is 0 Å². The number of aryl methyl sites for hydroxylation is 1. The van der Waals surface area contributed by atoms with Gasteiger partial charge < -0.3 is 15.0 Å². The second-order valence-corrected chi connectivity index (χ2v) is 7.24. The summed E-state index contributed by atoms with van der Waals surface area (Å²) in [6, 6.07) is 7.96. The molecule has 0 amide bonds. The molecule has 0 saturated carbocycles. The van der Waals surface area contributed by atoms with Crippen LogP contribution in [-0.4, -0.2) is 24.3 Å². The molecule has 2 rings (SSSR count). The van der Waals surface area contributed by atoms with Gasteiger partial charge in [0.05, 0.1) is 11.2 Å². The first-order valence-corrected chi connectivity index (χ1v) is 7.95. The summed E-state index contributed by atoms with van der Waals surface area (Å²) >= 11 is 5.88. The molecule has 1 atom stereocenters. The van der Waals surface area contributed by atoms with Gasteiger partial charge in [-0.1, -0.05) is 23.7 Å². The highest BCUT2D eigenvalue weighted by molar-refractivity contribution is 6.47. The standard InChI is InChI=1S/C16H25BClNO2/c1-15(2)16(3,4)21-17(20-15)14(19)7-5-6-12-8-10-13(18)11-9-12/h8-11,14H,5-7,19H2,1-4H3/t14-/m0/s1. The molecule has 0 bridgehead atoms. The van der Waals surface area contributed by atoms with Gasteiger partial charge in [0.15, 0.2) is 0 Å². The molecule has 1 fully saturated rings. The topological polar surface area (TPSA) is 44.5 Å². The third-order valence-corrected chi connectivity index (χ3v) is 4.79. The number of hydrogen-bond donors (Lipinski definition) is 1. The molecule has 1 aliphatic heterocycles. The molecule has 1 aliphatic rings. The SMILES string of the molecule is CC1(C)OB([C@@H](N)CCCc2ccc(Cl)cc2)OC1(C)C. The van der Waals surface area contributed by atoms with Crippen molar-refractivity contribution < 1.29 is 9.31 Å². The van der Waals surface area contributed by atoms with Gasteiger partial charge in [-0.3, -0.25) is 0 Å². The Labute approximate surface area is 133 Å². The first-order chi connectivity index (χ1) is 9.71. The summed E-state index contributed by atoms with van der Waals surface area (Å²) in [6.07, 6.45) is 2.87. The van der Waals surface area contributed by atoms with Crippen LogP contribution in [-0.2, 0) is 15.7 Å². The zero-order valence-corrected chi connectivity index (χ0v) is 14.1. The highest BCUT2D eigenvalue weighted by Crippen LogP contribution is 2.37. The molecule has 2 N–H and O–H groups in total. The molecule has 5 heteroatoms. The van der Waals surface area contributed by atoms with Gasteiger partial charge in [0, 0.05) is 11.0 Å². The first kappa shape index (κ1) is 16.8. The van der Waals surface area contributed by atoms with E-state index in [0.29, 0.717) is 0 Å². The minimum absolute atomic E-state index is 0.0987. The van der Waals surface area contributed by atoms with Crippen molar-refractivity contribution in [1.82, 2.24) is 0 Å². The van der Waals surface area contributed by atoms with Crippen LogP contribution in [0.2, 0.25) is 5.02 Å². The Kier molecular flexibility index (Phi) is 5.04. The van der Waals surface area contributed by atoms with Crippen LogP contribution in [0.15, 0.2) is 24.3 Å². The molecule has 3 nitrogen and oxygen atoms in total. The maximum Gasteiger partial charge on any atom is 0.475 e. The molecule has 0 aliphatic carbocycles. The summed E-state index contributed by atoms with van der Waals surface area (Å²) in [5.74, 6) is -0.0987. The molecule has 0 unspecified atom stereocenters. The van der Waals surface area contributed by atoms with E-state index in [2.05, 4.69) is 12.1 Å². The Balaban J connectivity index is 1.80. The van der Waals surface area contributed by atoms with Crippen molar-refractivity contribution in [1.29, 1.82) is 0 Å². The van der Waals surface area contributed by atoms with Crippen LogP contribution < -0.4 is 5.73 Å². The van der Waals surface area contributed by atoms with Gasteiger partial charge in [0.25, 0.3) is 0 Å². The fourth-order valence-electron chi connectivity index (χ4n) is 2.39. The largest absolute Gasteiger partial charge is 0.475 e. The van der Waals surface area contributed by atoms with Crippen LogP contribution in [0.4, 0.5) is 0 Å². The minimum Gasteiger partial charge on any atom is -0.402 e. The Hall–Kier alpha value is -0.545. The van der Waals surface area contributed by atoms with E-state index in [1.54, 1.807) is 0 Å². The second-order valence-electron chi connectivity index (χ2n) is 6.81. The van der Waals surface area contributed by atoms with Crippen molar-refractivity contribution in [2.24, 2.45) is 5.73 Å². The molecule has 0 radical (unpaired) electrons. The lowest BCUT2D eigenvalue weighted by atomic mass is 9.76. The van der Waals surface area contributed by atoms with Crippen molar-refractivity contribution in [3.8, 4) is 0 Å². The fourth-order valence-corrected chi connectivity index (χ4v) is 2.52. The van der Waals surface area contributed by atoms with E-state index >= 15 is 0 Å². The van der Waals surface area contributed by atoms with E-state index in [4.69, 9.17) is 26.6 Å². The molecular weight excluding hydrogens is 284 g/mol. The molecule has 1 aromatic rings. The van der Waals surface area contributed by atoms with E-state index in [-0.39, 0.29) is 24.3 Å². The fraction of sp³-hybridized carbons (Fsp3) is 0.625. The highest BCUT2D eigenvalue weighted by atomic mass is 35.5. The van der Waals surface area contributed by atoms with Crippen molar-refractivity contribution in [3.05, 3.63) is 34.9 Å². The van der Waals surface area contributed by atoms with Gasteiger partial charge in [0.2, 0.25) is 0 Å². The average Bonchev–Trinajstić information content (AvgIpc) is 2.61. The molecule has 21 heavy (non-hydrogen) atoms. The predicted molar refractivity (Wildman–Crippen MR) is 88.4 cm³/mol. The molecule has 0 aromatic heterocycles. The van der Waals surface area contributed by atoms with Crippen LogP contribution in [0.3, 0.4) is 0 Å². The lowest BCUT2D eigenvalue weighted by molar-refractivity contribution is 0.00578. The lowest BCUT2D eigenvalue weighted by Gasteiger charge is -2.32. The second kappa shape index (κ2) is 6.29. The van der Waals surface area contributed by atoms with Gasteiger partial charge in [-0.2, -0.15) is 0 Å². The summed E-state index contributed by atoms with van der Waals surface area (Å²) < 4.78 is 12.0. The van der Waals surface area contributed by atoms with E-state index in [1.165, 1.54) is 5.56 Å². The van der Waals surface area contributed by atoms with Gasteiger partial charge in [0.1, 0.15) is 0 Å². The Morgan fingerprint density at radius 2 is 1.62 bits per heavy atom. The van der Waals surface area contributed by atoms with Crippen molar-refractivity contribution >= 4 is 18.7 Å². The van der Waals surface area contributed by atoms with Crippen LogP contribution in [0.1, 0.15) is 46.1 Å². The molecular formula is C16H25BClNO2. The number of benzene rings is 1. The van der Waals surface area contributed by atoms with E-state index in [9.17, 15) is 0 Å². The predicted octanol–water partition coefficient (Wildman–Crippen LogP) is 3.62. The number of rotatable bonds is 5. The van der Waals surface area contributed by atoms with Gasteiger partial charge in [-0.05, 0) is 64.7 Å². The van der Waals surface area contributed by atoms with Crippen LogP contribution >= 0.6 is 11.6 Å². The lowest BCUT2D eigenvalue weighted by Crippen LogP contribution is -2.41. The van der Waals surface area contributed by atoms with Gasteiger partial charge in [-0.15, -0.1) is 0 Å². The summed E-state index contributed by atoms with van der Waals surface area (Å²) in [7, 11) is -0.319. The Morgan fingerprint density at radius 3 is 2.14 bits per heavy atom. The van der Waals surface area contributed by atoms with Crippen molar-refractivity contribution in [2.75, 3.05) is 0 Å². The third kappa shape index (κ3) is 4.01. The van der Waals surface area contributed by atoms with Crippen LogP contribution in [0.5, 0.6) is 0 Å². The summed E-state index contributed by atoms with van der Waals surface area (Å²) in [5.41, 5.74) is 6.89. The van der Waals surface area contributed by atoms with E-state index in [0.717, 1.165) is 24.3 Å². The van der Waals surface area contributed by atoms with Crippen molar-refractivity contribution in [3.63, 3.8) is 0 Å². The zero-order chi connectivity index (χ0) is 15.7. The smallest absolute Gasteiger partial charge is 0.402 e. The molecule has 116 valence electrons. The quantitative estimate of drug-likeness (QED) is 0.845. The Morgan fingerprint density at radius 1 is 1.10 bits per heavy atom. The summed E-state index contributed by atoms with van der Waals surface area (Å²) in [4.78, 5) is 0. The number of halogens is 1. The van der Waals surface area contributed by atoms with Crippen LogP contribution in [0.25, 0.3) is 0 Å². The number of hydrogen-bond acceptors (Lipinski definition) is 3. The maximum absolute atomic E-state index is 6.24. The minimum atomic E-state index is -0.319. The van der Waals surface area contributed by atoms with Gasteiger partial charge in [-0.25, -0.2) is 0 Å². The van der Waals surface area contributed by atoms with E-state index in [1.807, 2.05) is 39.8 Å². The zero-order valence-electron chi connectivity index (χ0n) is 13.4. The van der Waals surface area contributed by atoms with Crippen molar-refractivity contribution in [2.45, 2.75) is 64.1 Å². The molecule has 1 aromatic carbocycles. The third-order valence-electron chi connectivity index (χ3n) is 4.54. The molecule has 1 saturated heterocycles. The van der Waals surface area contributed by atoms with E-state index < -0.39 is 0 Å². The summed E-state index contributed by atoms with van der Waals surface area (Å²) in [5, 5.41) is 0.771. The Bertz CT molecular complexity index is 460. The highest BCUT2D eigenvalue weighted by Gasteiger charge is 2.52.